The van der Waals surface area contributed by atoms with E-state index in [1.165, 1.54) is 14.2 Å². The van der Waals surface area contributed by atoms with Gasteiger partial charge in [0.15, 0.2) is 0 Å². The maximum Gasteiger partial charge on any atom is 0.343 e. The van der Waals surface area contributed by atoms with Crippen molar-refractivity contribution in [2.24, 2.45) is 0 Å². The normalized spacial score (nSPS) is 9.38. The topological polar surface area (TPSA) is 59.3 Å². The third-order valence-corrected chi connectivity index (χ3v) is 2.35. The van der Waals surface area contributed by atoms with Gasteiger partial charge >= 0.3 is 5.97 Å². The minimum Gasteiger partial charge on any atom is -0.496 e. The van der Waals surface area contributed by atoms with Gasteiger partial charge in [-0.3, -0.25) is 0 Å². The van der Waals surface area contributed by atoms with Gasteiger partial charge in [-0.25, -0.2) is 4.79 Å². The van der Waals surface area contributed by atoms with Crippen molar-refractivity contribution in [1.82, 2.24) is 0 Å². The largest absolute Gasteiger partial charge is 0.496 e. The maximum absolute atomic E-state index is 11.5. The number of carbonyl (C=O) groups excluding carboxylic acids is 1. The van der Waals surface area contributed by atoms with Gasteiger partial charge in [0.2, 0.25) is 0 Å². The number of alkyl halides is 1. The molecule has 0 atom stereocenters. The fourth-order valence-corrected chi connectivity index (χ4v) is 1.47. The van der Waals surface area contributed by atoms with Crippen molar-refractivity contribution in [3.63, 3.8) is 0 Å². The molecule has 0 spiro atoms. The molecular weight excluding hydrogens is 230 g/mol. The molecule has 1 rings (SSSR count). The molecule has 0 aliphatic rings. The van der Waals surface area contributed by atoms with Crippen LogP contribution in [0.3, 0.4) is 0 Å². The molecule has 5 heteroatoms. The molecule has 0 fully saturated rings. The summed E-state index contributed by atoms with van der Waals surface area (Å²) in [6.45, 7) is 0. The van der Waals surface area contributed by atoms with Crippen LogP contribution < -0.4 is 4.74 Å². The van der Waals surface area contributed by atoms with Crippen molar-refractivity contribution in [3.8, 4) is 11.8 Å². The van der Waals surface area contributed by atoms with Gasteiger partial charge in [0.05, 0.1) is 19.8 Å². The van der Waals surface area contributed by atoms with Crippen LogP contribution in [0.1, 0.15) is 21.5 Å². The number of methoxy groups -OCH3 is 2. The van der Waals surface area contributed by atoms with Crippen LogP contribution >= 0.6 is 11.6 Å². The Morgan fingerprint density at radius 2 is 2.19 bits per heavy atom. The van der Waals surface area contributed by atoms with E-state index >= 15 is 0 Å². The third-order valence-electron chi connectivity index (χ3n) is 2.05. The van der Waals surface area contributed by atoms with Gasteiger partial charge in [-0.15, -0.1) is 11.6 Å². The molecular formula is C11H10ClNO3. The lowest BCUT2D eigenvalue weighted by Crippen LogP contribution is -2.07. The highest BCUT2D eigenvalue weighted by atomic mass is 35.5. The first kappa shape index (κ1) is 12.3. The summed E-state index contributed by atoms with van der Waals surface area (Å²) in [5.74, 6) is -0.0666. The van der Waals surface area contributed by atoms with Gasteiger partial charge in [-0.1, -0.05) is 0 Å². The number of esters is 1. The number of hydrogen-bond donors (Lipinski definition) is 0. The predicted molar refractivity (Wildman–Crippen MR) is 58.6 cm³/mol. The van der Waals surface area contributed by atoms with Crippen molar-refractivity contribution in [1.29, 1.82) is 5.26 Å². The van der Waals surface area contributed by atoms with Gasteiger partial charge in [-0.05, 0) is 17.7 Å². The molecule has 4 nitrogen and oxygen atoms in total. The molecule has 84 valence electrons. The van der Waals surface area contributed by atoms with E-state index in [1.54, 1.807) is 12.1 Å². The van der Waals surface area contributed by atoms with E-state index < -0.39 is 5.97 Å². The summed E-state index contributed by atoms with van der Waals surface area (Å²) in [6.07, 6.45) is 0. The molecule has 0 aliphatic heterocycles. The Bertz CT molecular complexity index is 451. The SMILES string of the molecule is COC(=O)c1c(C#N)cc(CCl)cc1OC. The number of rotatable bonds is 3. The van der Waals surface area contributed by atoms with E-state index in [0.29, 0.717) is 11.3 Å². The van der Waals surface area contributed by atoms with Crippen molar-refractivity contribution >= 4 is 17.6 Å². The Morgan fingerprint density at radius 1 is 1.50 bits per heavy atom. The molecule has 16 heavy (non-hydrogen) atoms. The number of nitrogens with zero attached hydrogens (tertiary/aromatic N) is 1. The fourth-order valence-electron chi connectivity index (χ4n) is 1.31. The van der Waals surface area contributed by atoms with Gasteiger partial charge in [0.25, 0.3) is 0 Å². The van der Waals surface area contributed by atoms with Crippen molar-refractivity contribution < 1.29 is 14.3 Å². The number of hydrogen-bond acceptors (Lipinski definition) is 4. The lowest BCUT2D eigenvalue weighted by Gasteiger charge is -2.10. The van der Waals surface area contributed by atoms with Crippen molar-refractivity contribution in [2.75, 3.05) is 14.2 Å². The first-order valence-electron chi connectivity index (χ1n) is 4.43. The maximum atomic E-state index is 11.5. The van der Waals surface area contributed by atoms with Crippen LogP contribution in [0, 0.1) is 11.3 Å². The lowest BCUT2D eigenvalue weighted by atomic mass is 10.0. The van der Waals surface area contributed by atoms with Crippen LogP contribution in [0.2, 0.25) is 0 Å². The molecule has 0 unspecified atom stereocenters. The summed E-state index contributed by atoms with van der Waals surface area (Å²) in [5.41, 5.74) is 1.03. The van der Waals surface area contributed by atoms with E-state index in [-0.39, 0.29) is 17.0 Å². The molecule has 0 bridgehead atoms. The molecule has 0 heterocycles. The molecule has 0 aromatic heterocycles. The van der Waals surface area contributed by atoms with E-state index in [4.69, 9.17) is 21.6 Å². The Hall–Kier alpha value is -1.73. The van der Waals surface area contributed by atoms with Gasteiger partial charge in [0, 0.05) is 5.88 Å². The number of carbonyl (C=O) groups is 1. The standard InChI is InChI=1S/C11H10ClNO3/c1-15-9-4-7(5-12)3-8(6-13)10(9)11(14)16-2/h3-4H,5H2,1-2H3. The molecule has 0 saturated carbocycles. The smallest absolute Gasteiger partial charge is 0.343 e. The number of benzene rings is 1. The molecule has 1 aromatic carbocycles. The summed E-state index contributed by atoms with van der Waals surface area (Å²) in [6, 6.07) is 5.08. The van der Waals surface area contributed by atoms with E-state index in [9.17, 15) is 4.79 Å². The van der Waals surface area contributed by atoms with E-state index in [2.05, 4.69) is 4.74 Å². The highest BCUT2D eigenvalue weighted by molar-refractivity contribution is 6.17. The van der Waals surface area contributed by atoms with Crippen LogP contribution in [0.4, 0.5) is 0 Å². The average Bonchev–Trinajstić information content (AvgIpc) is 2.35. The second kappa shape index (κ2) is 5.38. The van der Waals surface area contributed by atoms with E-state index in [0.717, 1.165) is 0 Å². The van der Waals surface area contributed by atoms with Gasteiger partial charge in [-0.2, -0.15) is 5.26 Å². The summed E-state index contributed by atoms with van der Waals surface area (Å²) >= 11 is 5.67. The summed E-state index contributed by atoms with van der Waals surface area (Å²) in [4.78, 5) is 11.5. The van der Waals surface area contributed by atoms with Gasteiger partial charge in [0.1, 0.15) is 17.4 Å². The summed E-state index contributed by atoms with van der Waals surface area (Å²) < 4.78 is 9.63. The predicted octanol–water partition coefficient (Wildman–Crippen LogP) is 2.09. The lowest BCUT2D eigenvalue weighted by molar-refractivity contribution is 0.0596. The number of halogens is 1. The Morgan fingerprint density at radius 3 is 2.62 bits per heavy atom. The Kier molecular flexibility index (Phi) is 4.15. The molecule has 0 radical (unpaired) electrons. The molecule has 1 aromatic rings. The summed E-state index contributed by atoms with van der Waals surface area (Å²) in [5, 5.41) is 8.95. The van der Waals surface area contributed by atoms with Crippen LogP contribution in [0.5, 0.6) is 5.75 Å². The monoisotopic (exact) mass is 239 g/mol. The molecule has 0 amide bonds. The van der Waals surface area contributed by atoms with Crippen LogP contribution in [0.15, 0.2) is 12.1 Å². The van der Waals surface area contributed by atoms with Crippen LogP contribution in [-0.4, -0.2) is 20.2 Å². The van der Waals surface area contributed by atoms with E-state index in [1.807, 2.05) is 6.07 Å². The first-order chi connectivity index (χ1) is 7.67. The number of ether oxygens (including phenoxy) is 2. The zero-order valence-electron chi connectivity index (χ0n) is 8.91. The zero-order valence-corrected chi connectivity index (χ0v) is 9.67. The average molecular weight is 240 g/mol. The van der Waals surface area contributed by atoms with Crippen LogP contribution in [0.25, 0.3) is 0 Å². The second-order valence-corrected chi connectivity index (χ2v) is 3.22. The molecule has 0 N–H and O–H groups in total. The molecule has 0 aliphatic carbocycles. The highest BCUT2D eigenvalue weighted by Crippen LogP contribution is 2.26. The minimum atomic E-state index is -0.602. The summed E-state index contributed by atoms with van der Waals surface area (Å²) in [7, 11) is 2.67. The highest BCUT2D eigenvalue weighted by Gasteiger charge is 2.19. The Labute approximate surface area is 98.3 Å². The fraction of sp³-hybridized carbons (Fsp3) is 0.273. The van der Waals surface area contributed by atoms with Gasteiger partial charge < -0.3 is 9.47 Å². The van der Waals surface area contributed by atoms with Crippen molar-refractivity contribution in [3.05, 3.63) is 28.8 Å². The van der Waals surface area contributed by atoms with Crippen molar-refractivity contribution in [2.45, 2.75) is 5.88 Å². The van der Waals surface area contributed by atoms with Crippen LogP contribution in [-0.2, 0) is 10.6 Å². The third kappa shape index (κ3) is 2.26. The zero-order chi connectivity index (χ0) is 12.1. The minimum absolute atomic E-state index is 0.126. The quantitative estimate of drug-likeness (QED) is 0.599. The molecule has 0 saturated heterocycles. The second-order valence-electron chi connectivity index (χ2n) is 2.96. The first-order valence-corrected chi connectivity index (χ1v) is 4.96. The number of nitriles is 1. The Balaban J connectivity index is 3.45.